The van der Waals surface area contributed by atoms with Crippen LogP contribution >= 0.6 is 8.53 Å². The Bertz CT molecular complexity index is 2930. The zero-order chi connectivity index (χ0) is 53.4. The summed E-state index contributed by atoms with van der Waals surface area (Å²) in [6.07, 6.45) is 0.463. The highest BCUT2D eigenvalue weighted by atomic mass is 31.2. The number of ether oxygens (including phenoxy) is 5. The fourth-order valence-electron chi connectivity index (χ4n) is 9.60. The molecule has 1 unspecified atom stereocenters. The van der Waals surface area contributed by atoms with Gasteiger partial charge in [0, 0.05) is 42.3 Å². The zero-order valence-electron chi connectivity index (χ0n) is 43.8. The van der Waals surface area contributed by atoms with Gasteiger partial charge in [0.15, 0.2) is 17.0 Å². The second-order valence-corrected chi connectivity index (χ2v) is 20.2. The van der Waals surface area contributed by atoms with Crippen LogP contribution < -0.4 is 19.1 Å². The summed E-state index contributed by atoms with van der Waals surface area (Å²) in [6.45, 7) is 11.6. The van der Waals surface area contributed by atoms with Crippen LogP contribution in [0, 0.1) is 0 Å². The number of imidazole rings is 1. The molecule has 1 aliphatic rings. The van der Waals surface area contributed by atoms with E-state index in [4.69, 9.17) is 33.2 Å². The lowest BCUT2D eigenvalue weighted by molar-refractivity contribution is -0.200. The molecule has 18 heteroatoms. The summed E-state index contributed by atoms with van der Waals surface area (Å²) in [5.74, 6) is -0.591. The van der Waals surface area contributed by atoms with E-state index in [9.17, 15) is 19.6 Å². The summed E-state index contributed by atoms with van der Waals surface area (Å²) in [5, 5.41) is 13.0. The Labute approximate surface area is 439 Å². The van der Waals surface area contributed by atoms with Gasteiger partial charge >= 0.3 is 0 Å². The summed E-state index contributed by atoms with van der Waals surface area (Å²) in [7, 11) is 2.39. The predicted octanol–water partition coefficient (Wildman–Crippen LogP) is 9.39. The van der Waals surface area contributed by atoms with Gasteiger partial charge in [0.2, 0.25) is 5.79 Å². The second-order valence-electron chi connectivity index (χ2n) is 19.0. The van der Waals surface area contributed by atoms with Crippen LogP contribution in [0.4, 0.5) is 5.82 Å². The summed E-state index contributed by atoms with van der Waals surface area (Å²) >= 11 is 0. The number of aromatic nitrogens is 4. The van der Waals surface area contributed by atoms with Gasteiger partial charge in [0.25, 0.3) is 20.3 Å². The molecule has 2 N–H and O–H groups in total. The topological polar surface area (TPSA) is 183 Å². The third-order valence-corrected chi connectivity index (χ3v) is 15.2. The Balaban J connectivity index is 1.18. The molecule has 4 atom stereocenters. The van der Waals surface area contributed by atoms with Crippen molar-refractivity contribution in [3.8, 4) is 17.2 Å². The number of nitrogens with zero attached hydrogens (tertiary/aromatic N) is 7. The Morgan fingerprint density at radius 1 is 0.693 bits per heavy atom. The fourth-order valence-corrected chi connectivity index (χ4v) is 11.0. The van der Waals surface area contributed by atoms with E-state index in [0.717, 1.165) is 16.7 Å². The number of carbonyl (C=O) groups excluding carboxylic acids is 2. The van der Waals surface area contributed by atoms with Crippen molar-refractivity contribution in [1.82, 2.24) is 29.1 Å². The van der Waals surface area contributed by atoms with Crippen molar-refractivity contribution >= 4 is 37.3 Å². The molecule has 394 valence electrons. The number of hydrogen-bond acceptors (Lipinski definition) is 14. The van der Waals surface area contributed by atoms with E-state index >= 15 is 0 Å². The third-order valence-electron chi connectivity index (χ3n) is 13.4. The number of hydrogen-bond donors (Lipinski definition) is 2. The summed E-state index contributed by atoms with van der Waals surface area (Å²) in [4.78, 5) is 57.9. The average molecular weight is 1040 g/mol. The highest BCUT2D eigenvalue weighted by molar-refractivity contribution is 7.43. The first-order valence-corrected chi connectivity index (χ1v) is 26.1. The van der Waals surface area contributed by atoms with Gasteiger partial charge in [-0.05, 0) is 119 Å². The molecule has 2 aromatic heterocycles. The molecule has 1 aliphatic heterocycles. The third kappa shape index (κ3) is 11.6. The number of aliphatic hydroxyl groups is 1. The van der Waals surface area contributed by atoms with E-state index in [1.54, 1.807) is 84.0 Å². The van der Waals surface area contributed by atoms with E-state index in [1.807, 2.05) is 126 Å². The quantitative estimate of drug-likeness (QED) is 0.0372. The van der Waals surface area contributed by atoms with E-state index in [1.165, 1.54) is 17.6 Å². The number of carbonyl (C=O) groups is 2. The number of anilines is 1. The van der Waals surface area contributed by atoms with Gasteiger partial charge in [-0.3, -0.25) is 23.6 Å². The molecular weight excluding hydrogens is 974 g/mol. The van der Waals surface area contributed by atoms with Gasteiger partial charge < -0.3 is 38.6 Å². The molecular formula is C57H66N7O10P. The number of fused-ring (bicyclic) bond motifs is 1. The summed E-state index contributed by atoms with van der Waals surface area (Å²) < 4.78 is 40.5. The molecule has 0 bridgehead atoms. The van der Waals surface area contributed by atoms with Gasteiger partial charge in [0.05, 0.1) is 40.7 Å². The van der Waals surface area contributed by atoms with E-state index in [2.05, 4.69) is 9.97 Å². The van der Waals surface area contributed by atoms with Crippen LogP contribution in [0.15, 0.2) is 146 Å². The molecule has 3 heterocycles. The molecule has 75 heavy (non-hydrogen) atoms. The summed E-state index contributed by atoms with van der Waals surface area (Å²) in [5.41, 5.74) is 2.45. The van der Waals surface area contributed by atoms with Crippen LogP contribution in [-0.2, 0) is 19.6 Å². The van der Waals surface area contributed by atoms with Gasteiger partial charge in [0.1, 0.15) is 41.5 Å². The van der Waals surface area contributed by atoms with Gasteiger partial charge in [-0.25, -0.2) is 19.6 Å². The minimum Gasteiger partial charge on any atom is -0.497 e. The lowest BCUT2D eigenvalue weighted by Gasteiger charge is -2.40. The van der Waals surface area contributed by atoms with Gasteiger partial charge in [-0.1, -0.05) is 72.8 Å². The predicted molar refractivity (Wildman–Crippen MR) is 287 cm³/mol. The highest BCUT2D eigenvalue weighted by Crippen LogP contribution is 2.51. The largest absolute Gasteiger partial charge is 0.497 e. The fraction of sp³-hybridized carbons (Fsp3) is 0.351. The number of amides is 2. The Morgan fingerprint density at radius 2 is 1.21 bits per heavy atom. The first kappa shape index (κ1) is 54.4. The molecule has 1 fully saturated rings. The van der Waals surface area contributed by atoms with Crippen LogP contribution in [0.2, 0.25) is 0 Å². The molecule has 8 rings (SSSR count). The molecule has 7 aromatic rings. The maximum atomic E-state index is 14.6. The zero-order valence-corrected chi connectivity index (χ0v) is 44.7. The van der Waals surface area contributed by atoms with Crippen LogP contribution in [0.5, 0.6) is 17.2 Å². The minimum atomic E-state index is -2.39. The van der Waals surface area contributed by atoms with E-state index < -0.39 is 32.2 Å². The van der Waals surface area contributed by atoms with Crippen LogP contribution in [0.1, 0.15) is 91.6 Å². The monoisotopic (exact) mass is 1040 g/mol. The molecule has 0 radical (unpaired) electrons. The van der Waals surface area contributed by atoms with E-state index in [-0.39, 0.29) is 67.4 Å². The van der Waals surface area contributed by atoms with Crippen molar-refractivity contribution in [2.24, 2.45) is 0 Å². The Morgan fingerprint density at radius 3 is 1.75 bits per heavy atom. The van der Waals surface area contributed by atoms with E-state index in [0.29, 0.717) is 34.0 Å². The molecule has 0 saturated carbocycles. The number of rotatable bonds is 22. The highest BCUT2D eigenvalue weighted by Gasteiger charge is 2.54. The SMILES string of the molecule is COc1ccc(C(=O)N(CCN(C(=O)c2ccccc2)c2ncnc3c2ncn3[C@H]2C[C@](O)(OP(O)N(C(C)C)C(C)C)[C@@H](COC(c3ccccc3)(c3ccc(OC)cc3)c3ccc(OC)cc3)O2)C(C)C)cc1. The number of methoxy groups -OCH3 is 3. The maximum Gasteiger partial charge on any atom is 0.259 e. The lowest BCUT2D eigenvalue weighted by atomic mass is 9.80. The van der Waals surface area contributed by atoms with Gasteiger partial charge in [-0.2, -0.15) is 0 Å². The van der Waals surface area contributed by atoms with Crippen molar-refractivity contribution in [1.29, 1.82) is 0 Å². The Kier molecular flexibility index (Phi) is 17.3. The molecule has 2 amide bonds. The summed E-state index contributed by atoms with van der Waals surface area (Å²) in [6, 6.07) is 40.2. The normalized spacial score (nSPS) is 17.2. The minimum absolute atomic E-state index is 0.0491. The van der Waals surface area contributed by atoms with Crippen molar-refractivity contribution in [2.45, 2.75) is 89.8 Å². The second kappa shape index (κ2) is 23.8. The standard InChI is InChI=1S/C57H66N7O10P/c1-38(2)61(54(65)42-20-26-46(69-7)27-21-42)32-33-62(55(66)41-16-12-10-13-17-41)52-51-53(59-36-58-52)63(37-60-51)50-34-56(67,74-75(68)64(39(3)4)40(5)6)49(73-50)35-72-57(43-18-14-11-15-19-43,44-22-28-47(70-8)29-23-44)45-24-30-48(71-9)31-25-45/h10-31,36-40,49-50,67-68H,32-35H2,1-9H3/t49-,50-,56+,75?/m1/s1. The molecule has 5 aromatic carbocycles. The maximum absolute atomic E-state index is 14.6. The van der Waals surface area contributed by atoms with Crippen LogP contribution in [0.25, 0.3) is 11.2 Å². The van der Waals surface area contributed by atoms with Crippen molar-refractivity contribution in [3.63, 3.8) is 0 Å². The van der Waals surface area contributed by atoms with Crippen molar-refractivity contribution in [2.75, 3.05) is 45.9 Å². The first-order chi connectivity index (χ1) is 36.1. The lowest BCUT2D eigenvalue weighted by Crippen LogP contribution is -2.46. The molecule has 0 spiro atoms. The Hall–Kier alpha value is -6.82. The van der Waals surface area contributed by atoms with Gasteiger partial charge in [-0.15, -0.1) is 0 Å². The smallest absolute Gasteiger partial charge is 0.259 e. The van der Waals surface area contributed by atoms with Crippen LogP contribution in [-0.4, -0.2) is 122 Å². The first-order valence-electron chi connectivity index (χ1n) is 24.9. The molecule has 17 nitrogen and oxygen atoms in total. The van der Waals surface area contributed by atoms with Crippen molar-refractivity contribution in [3.05, 3.63) is 174 Å². The molecule has 0 aliphatic carbocycles. The number of benzene rings is 5. The van der Waals surface area contributed by atoms with Crippen LogP contribution in [0.3, 0.4) is 0 Å². The van der Waals surface area contributed by atoms with Crippen molar-refractivity contribution < 1.29 is 47.8 Å². The molecule has 1 saturated heterocycles. The average Bonchev–Trinajstić information content (AvgIpc) is 4.01.